The number of hydrogen-bond acceptors (Lipinski definition) is 6. The maximum atomic E-state index is 14.0. The number of guanidine groups is 1. The average Bonchev–Trinajstić information content (AvgIpc) is 3.15. The number of quaternary nitrogens is 1. The number of cyclic esters (lactones) is 1. The van der Waals surface area contributed by atoms with Crippen molar-refractivity contribution in [2.24, 2.45) is 17.4 Å². The number of amides is 1. The fourth-order valence-electron chi connectivity index (χ4n) is 5.10. The number of carbonyl (C=O) groups is 2. The predicted molar refractivity (Wildman–Crippen MR) is 148 cm³/mol. The van der Waals surface area contributed by atoms with E-state index in [4.69, 9.17) is 27.0 Å². The normalized spacial score (nSPS) is 22.7. The number of nitrogens with zero attached hydrogens (tertiary/aromatic N) is 1. The number of nitrogens with two attached hydrogens (primary N) is 2. The lowest BCUT2D eigenvalue weighted by atomic mass is 9.90. The van der Waals surface area contributed by atoms with Crippen LogP contribution in [0, 0.1) is 16.7 Å². The largest absolute Gasteiger partial charge is 0.525 e. The van der Waals surface area contributed by atoms with Crippen LogP contribution in [0.2, 0.25) is 0 Å². The molecule has 1 heterocycles. The van der Waals surface area contributed by atoms with Gasteiger partial charge >= 0.3 is 12.1 Å². The van der Waals surface area contributed by atoms with E-state index in [0.717, 1.165) is 11.3 Å². The number of benzene rings is 2. The van der Waals surface area contributed by atoms with E-state index in [9.17, 15) is 9.59 Å². The van der Waals surface area contributed by atoms with Gasteiger partial charge in [0.25, 0.3) is 0 Å². The number of Topliss-reactive ketones (excluding diaryl/α,β-unsaturated/α-hetero) is 1. The van der Waals surface area contributed by atoms with E-state index < -0.39 is 28.8 Å². The van der Waals surface area contributed by atoms with Gasteiger partial charge in [-0.25, -0.2) is 5.41 Å². The number of rotatable bonds is 13. The first-order valence-corrected chi connectivity index (χ1v) is 13.8. The number of ether oxygens (including phenoxy) is 1. The van der Waals surface area contributed by atoms with Gasteiger partial charge in [0.05, 0.1) is 5.84 Å². The Kier molecular flexibility index (Phi) is 9.88. The van der Waals surface area contributed by atoms with Gasteiger partial charge < -0.3 is 16.2 Å². The zero-order valence-electron chi connectivity index (χ0n) is 21.6. The van der Waals surface area contributed by atoms with Crippen molar-refractivity contribution in [3.63, 3.8) is 0 Å². The number of unbranched alkanes of at least 4 members (excludes halogenated alkanes) is 1. The van der Waals surface area contributed by atoms with Crippen molar-refractivity contribution in [3.05, 3.63) is 71.8 Å². The summed E-state index contributed by atoms with van der Waals surface area (Å²) in [4.78, 5) is 27.5. The molecule has 37 heavy (non-hydrogen) atoms. The second-order valence-electron chi connectivity index (χ2n) is 9.71. The van der Waals surface area contributed by atoms with Crippen molar-refractivity contribution in [2.45, 2.75) is 63.5 Å². The molecule has 0 radical (unpaired) electrons. The molecule has 8 nitrogen and oxygen atoms in total. The summed E-state index contributed by atoms with van der Waals surface area (Å²) in [6.07, 6.45) is 0.662. The van der Waals surface area contributed by atoms with Crippen LogP contribution >= 0.6 is 11.8 Å². The van der Waals surface area contributed by atoms with Crippen molar-refractivity contribution in [3.8, 4) is 0 Å². The van der Waals surface area contributed by atoms with E-state index in [1.807, 2.05) is 62.4 Å². The highest BCUT2D eigenvalue weighted by Crippen LogP contribution is 2.42. The molecular weight excluding hydrogens is 486 g/mol. The molecule has 0 bridgehead atoms. The van der Waals surface area contributed by atoms with Crippen LogP contribution in [0.4, 0.5) is 4.79 Å². The molecule has 1 aliphatic rings. The second-order valence-corrected chi connectivity index (χ2v) is 10.7. The summed E-state index contributed by atoms with van der Waals surface area (Å²) in [5.41, 5.74) is 13.7. The van der Waals surface area contributed by atoms with Gasteiger partial charge in [-0.1, -0.05) is 67.6 Å². The van der Waals surface area contributed by atoms with Crippen LogP contribution in [-0.2, 0) is 15.3 Å². The highest BCUT2D eigenvalue weighted by molar-refractivity contribution is 7.98. The smallest absolute Gasteiger partial charge is 0.405 e. The van der Waals surface area contributed by atoms with Crippen molar-refractivity contribution in [2.75, 3.05) is 5.75 Å². The Labute approximate surface area is 223 Å². The maximum absolute atomic E-state index is 14.0. The monoisotopic (exact) mass is 524 g/mol. The van der Waals surface area contributed by atoms with Crippen LogP contribution < -0.4 is 11.5 Å². The molecule has 1 saturated heterocycles. The zero-order valence-corrected chi connectivity index (χ0v) is 22.4. The minimum absolute atomic E-state index is 0.0853. The highest BCUT2D eigenvalue weighted by Gasteiger charge is 2.64. The van der Waals surface area contributed by atoms with Gasteiger partial charge in [0, 0.05) is 30.3 Å². The lowest BCUT2D eigenvalue weighted by Gasteiger charge is -2.38. The van der Waals surface area contributed by atoms with E-state index in [1.165, 1.54) is 5.56 Å². The van der Waals surface area contributed by atoms with Gasteiger partial charge in [0.2, 0.25) is 0 Å². The fourth-order valence-corrected chi connectivity index (χ4v) is 6.16. The number of amidine groups is 1. The summed E-state index contributed by atoms with van der Waals surface area (Å²) in [5, 5.41) is 16.1. The van der Waals surface area contributed by atoms with Gasteiger partial charge in [0.1, 0.15) is 6.04 Å². The molecule has 1 aliphatic heterocycles. The lowest BCUT2D eigenvalue weighted by molar-refractivity contribution is -0.797. The first-order chi connectivity index (χ1) is 17.7. The third-order valence-corrected chi connectivity index (χ3v) is 8.37. The molecule has 6 N–H and O–H groups in total. The van der Waals surface area contributed by atoms with Crippen molar-refractivity contribution in [1.82, 2.24) is 0 Å². The molecule has 1 fully saturated rings. The second kappa shape index (κ2) is 12.9. The van der Waals surface area contributed by atoms with E-state index in [0.29, 0.717) is 31.4 Å². The number of nitrogens with one attached hydrogen (secondary N) is 2. The summed E-state index contributed by atoms with van der Waals surface area (Å²) in [5.74, 6) is 0.615. The lowest BCUT2D eigenvalue weighted by Crippen LogP contribution is -2.69. The standard InChI is InChI=1S/C28H38N5O3S/c1-19(17-37-18-21-11-5-3-6-12-21)25(34)23(15-9-10-16-24(29)30)33(27(31)32)20(2)26(36-28(33)35)22-13-7-4-8-14-22/h3-8,11-14,19-20,23,26H,9-10,15-18H2,1-2H3,(H3,29,30)(H3,31,32)/q+1/t19-,20+,23?,26+,33?/m1/s1. The first kappa shape index (κ1) is 28.4. The van der Waals surface area contributed by atoms with Gasteiger partial charge in [-0.05, 0) is 30.9 Å². The molecule has 0 spiro atoms. The number of hydrogen-bond donors (Lipinski definition) is 4. The molecule has 2 aromatic rings. The van der Waals surface area contributed by atoms with Crippen molar-refractivity contribution >= 4 is 35.4 Å². The Morgan fingerprint density at radius 3 is 2.27 bits per heavy atom. The van der Waals surface area contributed by atoms with Crippen LogP contribution in [0.25, 0.3) is 0 Å². The third-order valence-electron chi connectivity index (χ3n) is 7.10. The highest BCUT2D eigenvalue weighted by atomic mass is 32.2. The van der Waals surface area contributed by atoms with E-state index in [-0.39, 0.29) is 23.5 Å². The van der Waals surface area contributed by atoms with Gasteiger partial charge in [-0.15, -0.1) is 4.48 Å². The molecular formula is C28H38N5O3S+. The predicted octanol–water partition coefficient (Wildman–Crippen LogP) is 4.98. The molecule has 0 aromatic heterocycles. The summed E-state index contributed by atoms with van der Waals surface area (Å²) < 4.78 is 5.20. The van der Waals surface area contributed by atoms with Crippen LogP contribution in [0.1, 0.15) is 56.8 Å². The molecule has 3 rings (SSSR count). The van der Waals surface area contributed by atoms with Gasteiger partial charge in [-0.2, -0.15) is 16.6 Å². The topological polar surface area (TPSA) is 143 Å². The van der Waals surface area contributed by atoms with Crippen molar-refractivity contribution < 1.29 is 18.8 Å². The summed E-state index contributed by atoms with van der Waals surface area (Å²) >= 11 is 1.67. The number of carbonyl (C=O) groups excluding carboxylic acids is 2. The minimum atomic E-state index is -0.854. The molecule has 5 atom stereocenters. The molecule has 0 saturated carbocycles. The Morgan fingerprint density at radius 2 is 1.68 bits per heavy atom. The van der Waals surface area contributed by atoms with Crippen molar-refractivity contribution in [1.29, 1.82) is 10.8 Å². The Morgan fingerprint density at radius 1 is 1.05 bits per heavy atom. The molecule has 1 amide bonds. The zero-order chi connectivity index (χ0) is 27.0. The first-order valence-electron chi connectivity index (χ1n) is 12.7. The maximum Gasteiger partial charge on any atom is 0.525 e. The molecule has 2 unspecified atom stereocenters. The molecule has 0 aliphatic carbocycles. The SMILES string of the molecule is C[C@H](CSCc1ccccc1)C(=O)C(CCCCC(=N)N)[N+]1(C(=N)N)C(=O)O[C@H](c2ccccc2)[C@@H]1C. The summed E-state index contributed by atoms with van der Waals surface area (Å²) in [6.45, 7) is 3.70. The van der Waals surface area contributed by atoms with E-state index in [1.54, 1.807) is 11.8 Å². The third kappa shape index (κ3) is 6.40. The van der Waals surface area contributed by atoms with E-state index >= 15 is 0 Å². The fraction of sp³-hybridized carbons (Fsp3) is 0.429. The van der Waals surface area contributed by atoms with Gasteiger partial charge in [0.15, 0.2) is 17.9 Å². The molecule has 2 aromatic carbocycles. The summed E-state index contributed by atoms with van der Waals surface area (Å²) in [7, 11) is 0. The quantitative estimate of drug-likeness (QED) is 0.126. The van der Waals surface area contributed by atoms with E-state index in [2.05, 4.69) is 12.1 Å². The Balaban J connectivity index is 1.87. The number of thioether (sulfide) groups is 1. The summed E-state index contributed by atoms with van der Waals surface area (Å²) in [6, 6.07) is 18.0. The Bertz CT molecular complexity index is 1100. The van der Waals surface area contributed by atoms with Crippen LogP contribution in [0.15, 0.2) is 60.7 Å². The van der Waals surface area contributed by atoms with Crippen LogP contribution in [0.5, 0.6) is 0 Å². The Hall–Kier alpha value is -3.17. The molecule has 198 valence electrons. The molecule has 9 heteroatoms. The minimum Gasteiger partial charge on any atom is -0.405 e. The van der Waals surface area contributed by atoms with Crippen LogP contribution in [-0.4, -0.2) is 46.0 Å². The average molecular weight is 525 g/mol. The van der Waals surface area contributed by atoms with Crippen LogP contribution in [0.3, 0.4) is 0 Å². The number of ketones is 1. The van der Waals surface area contributed by atoms with Gasteiger partial charge in [-0.3, -0.25) is 10.2 Å².